The zero-order valence-electron chi connectivity index (χ0n) is 30.2. The number of nitrogens with one attached hydrogen (secondary N) is 2. The summed E-state index contributed by atoms with van der Waals surface area (Å²) in [4.78, 5) is 35.0. The van der Waals surface area contributed by atoms with E-state index in [1.165, 1.54) is 31.3 Å². The van der Waals surface area contributed by atoms with E-state index in [4.69, 9.17) is 0 Å². The second kappa shape index (κ2) is 16.9. The number of rotatable bonds is 16. The highest BCUT2D eigenvalue weighted by Crippen LogP contribution is 2.36. The third-order valence-corrected chi connectivity index (χ3v) is 15.8. The fraction of sp³-hybridized carbons (Fsp3) is 0.459. The van der Waals surface area contributed by atoms with Gasteiger partial charge in [0.25, 0.3) is 0 Å². The van der Waals surface area contributed by atoms with Gasteiger partial charge in [-0.15, -0.1) is 22.7 Å². The van der Waals surface area contributed by atoms with E-state index in [0.717, 1.165) is 43.2 Å². The molecular weight excluding hydrogens is 753 g/mol. The summed E-state index contributed by atoms with van der Waals surface area (Å²) in [5.41, 5.74) is 2.86. The first-order valence-electron chi connectivity index (χ1n) is 18.2. The van der Waals surface area contributed by atoms with Crippen LogP contribution in [0, 0.1) is 17.8 Å². The van der Waals surface area contributed by atoms with E-state index < -0.39 is 20.0 Å². The van der Waals surface area contributed by atoms with Crippen molar-refractivity contribution in [3.05, 3.63) is 59.3 Å². The maximum Gasteiger partial charge on any atom is 0.243 e. The SMILES string of the molecule is CCN(CC)S(=O)(=O)c1ccc(-c2csc(NC(=O)C3CCC(CCN(CC)S(=O)(=O)c4ccc(-c5csc(NC(=O)C6CCC6)n5)cc4)C3)n2)cc1. The molecule has 2 N–H and O–H groups in total. The van der Waals surface area contributed by atoms with Gasteiger partial charge in [0.15, 0.2) is 10.3 Å². The van der Waals surface area contributed by atoms with Gasteiger partial charge >= 0.3 is 0 Å². The minimum Gasteiger partial charge on any atom is -0.302 e. The predicted molar refractivity (Wildman–Crippen MR) is 210 cm³/mol. The predicted octanol–water partition coefficient (Wildman–Crippen LogP) is 7.16. The molecule has 6 rings (SSSR count). The normalized spacial score (nSPS) is 18.0. The number of aromatic nitrogens is 2. The van der Waals surface area contributed by atoms with Crippen LogP contribution in [0.25, 0.3) is 22.5 Å². The molecule has 2 atom stereocenters. The van der Waals surface area contributed by atoms with E-state index in [0.29, 0.717) is 60.7 Å². The van der Waals surface area contributed by atoms with Crippen LogP contribution in [0.1, 0.15) is 65.7 Å². The van der Waals surface area contributed by atoms with Crippen molar-refractivity contribution in [2.45, 2.75) is 75.5 Å². The van der Waals surface area contributed by atoms with Crippen LogP contribution < -0.4 is 10.6 Å². The van der Waals surface area contributed by atoms with Crippen LogP contribution in [0.5, 0.6) is 0 Å². The molecule has 12 nitrogen and oxygen atoms in total. The van der Waals surface area contributed by atoms with Gasteiger partial charge in [-0.3, -0.25) is 9.59 Å². The third kappa shape index (κ3) is 8.89. The Morgan fingerprint density at radius 1 is 0.679 bits per heavy atom. The van der Waals surface area contributed by atoms with Crippen molar-refractivity contribution in [3.8, 4) is 22.5 Å². The fourth-order valence-corrected chi connectivity index (χ4v) is 11.2. The number of anilines is 2. The average Bonchev–Trinajstić information content (AvgIpc) is 3.90. The maximum absolute atomic E-state index is 13.6. The van der Waals surface area contributed by atoms with Gasteiger partial charge in [0.1, 0.15) is 0 Å². The van der Waals surface area contributed by atoms with E-state index in [2.05, 4.69) is 20.6 Å². The van der Waals surface area contributed by atoms with Crippen molar-refractivity contribution in [2.75, 3.05) is 36.8 Å². The first kappa shape index (κ1) is 39.2. The lowest BCUT2D eigenvalue weighted by molar-refractivity contribution is -0.122. The lowest BCUT2D eigenvalue weighted by atomic mass is 9.85. The molecule has 2 fully saturated rings. The fourth-order valence-electron chi connectivity index (χ4n) is 6.82. The Morgan fingerprint density at radius 2 is 1.15 bits per heavy atom. The molecule has 0 bridgehead atoms. The Balaban J connectivity index is 0.988. The van der Waals surface area contributed by atoms with Crippen LogP contribution in [0.4, 0.5) is 10.3 Å². The molecule has 0 aliphatic heterocycles. The van der Waals surface area contributed by atoms with Crippen LogP contribution >= 0.6 is 22.7 Å². The minimum atomic E-state index is -3.73. The van der Waals surface area contributed by atoms with Crippen LogP contribution in [0.15, 0.2) is 69.1 Å². The molecule has 284 valence electrons. The number of benzene rings is 2. The Labute approximate surface area is 320 Å². The molecule has 4 aromatic rings. The summed E-state index contributed by atoms with van der Waals surface area (Å²) < 4.78 is 55.8. The molecule has 0 saturated heterocycles. The van der Waals surface area contributed by atoms with Crippen molar-refractivity contribution in [1.82, 2.24) is 18.6 Å². The van der Waals surface area contributed by atoms with Gasteiger partial charge in [-0.2, -0.15) is 8.61 Å². The molecule has 0 radical (unpaired) electrons. The molecule has 2 aliphatic carbocycles. The van der Waals surface area contributed by atoms with Crippen molar-refractivity contribution >= 4 is 64.8 Å². The van der Waals surface area contributed by atoms with E-state index in [-0.39, 0.29) is 39.4 Å². The summed E-state index contributed by atoms with van der Waals surface area (Å²) in [7, 11) is -7.28. The Hall–Kier alpha value is -3.54. The first-order valence-corrected chi connectivity index (χ1v) is 22.8. The lowest BCUT2D eigenvalue weighted by Gasteiger charge is -2.23. The zero-order valence-corrected chi connectivity index (χ0v) is 33.4. The number of nitrogens with zero attached hydrogens (tertiary/aromatic N) is 4. The topological polar surface area (TPSA) is 159 Å². The van der Waals surface area contributed by atoms with Crippen molar-refractivity contribution in [1.29, 1.82) is 0 Å². The number of hydrogen-bond acceptors (Lipinski definition) is 10. The van der Waals surface area contributed by atoms with Crippen molar-refractivity contribution < 1.29 is 26.4 Å². The smallest absolute Gasteiger partial charge is 0.243 e. The highest BCUT2D eigenvalue weighted by atomic mass is 32.2. The van der Waals surface area contributed by atoms with Crippen molar-refractivity contribution in [2.24, 2.45) is 17.8 Å². The zero-order chi connectivity index (χ0) is 37.8. The number of carbonyl (C=O) groups is 2. The van der Waals surface area contributed by atoms with Crippen LogP contribution in [0.2, 0.25) is 0 Å². The van der Waals surface area contributed by atoms with Gasteiger partial charge in [-0.25, -0.2) is 26.8 Å². The summed E-state index contributed by atoms with van der Waals surface area (Å²) in [5, 5.41) is 10.6. The molecule has 2 heterocycles. The van der Waals surface area contributed by atoms with E-state index in [9.17, 15) is 26.4 Å². The summed E-state index contributed by atoms with van der Waals surface area (Å²) in [5.74, 6) is 0.0155. The largest absolute Gasteiger partial charge is 0.302 e. The second-order valence-corrected chi connectivity index (χ2v) is 19.1. The quantitative estimate of drug-likeness (QED) is 0.121. The van der Waals surface area contributed by atoms with Crippen LogP contribution in [-0.2, 0) is 29.6 Å². The number of hydrogen-bond donors (Lipinski definition) is 2. The number of thiazole rings is 2. The van der Waals surface area contributed by atoms with Gasteiger partial charge in [-0.1, -0.05) is 51.5 Å². The number of sulfonamides is 2. The van der Waals surface area contributed by atoms with Gasteiger partial charge in [0, 0.05) is 59.9 Å². The monoisotopic (exact) mass is 798 g/mol. The molecule has 2 amide bonds. The Morgan fingerprint density at radius 3 is 1.60 bits per heavy atom. The van der Waals surface area contributed by atoms with E-state index >= 15 is 0 Å². The maximum atomic E-state index is 13.6. The molecule has 0 spiro atoms. The number of carbonyl (C=O) groups excluding carboxylic acids is 2. The van der Waals surface area contributed by atoms with Crippen LogP contribution in [-0.4, -0.2) is 73.4 Å². The molecule has 16 heteroatoms. The van der Waals surface area contributed by atoms with Gasteiger partial charge < -0.3 is 10.6 Å². The number of amides is 2. The standard InChI is InChI=1S/C37H46N6O6S4/c1-4-42(5-2)52(46,47)30-16-12-26(13-17-30)33-24-51-37(39-33)41-35(45)29-11-10-25(22-29)20-21-43(6-3)53(48,49)31-18-14-27(15-19-31)32-23-50-36(38-32)40-34(44)28-8-7-9-28/h12-19,23-25,28-29H,4-11,20-22H2,1-3H3,(H,38,40,44)(H,39,41,45). The molecular formula is C37H46N6O6S4. The summed E-state index contributed by atoms with van der Waals surface area (Å²) in [6.07, 6.45) is 5.81. The second-order valence-electron chi connectivity index (χ2n) is 13.5. The average molecular weight is 799 g/mol. The highest BCUT2D eigenvalue weighted by Gasteiger charge is 2.32. The van der Waals surface area contributed by atoms with Crippen molar-refractivity contribution in [3.63, 3.8) is 0 Å². The van der Waals surface area contributed by atoms with Crippen LogP contribution in [0.3, 0.4) is 0 Å². The molecule has 2 aliphatic rings. The third-order valence-electron chi connectivity index (χ3n) is 10.3. The summed E-state index contributed by atoms with van der Waals surface area (Å²) in [6.45, 7) is 6.93. The van der Waals surface area contributed by atoms with Gasteiger partial charge in [0.2, 0.25) is 31.9 Å². The van der Waals surface area contributed by atoms with E-state index in [1.54, 1.807) is 48.5 Å². The lowest BCUT2D eigenvalue weighted by Crippen LogP contribution is -2.32. The molecule has 53 heavy (non-hydrogen) atoms. The summed E-state index contributed by atoms with van der Waals surface area (Å²) in [6, 6.07) is 13.3. The Kier molecular flexibility index (Phi) is 12.5. The van der Waals surface area contributed by atoms with E-state index in [1.807, 2.05) is 31.5 Å². The molecule has 2 aromatic heterocycles. The molecule has 2 aromatic carbocycles. The highest BCUT2D eigenvalue weighted by molar-refractivity contribution is 7.89. The summed E-state index contributed by atoms with van der Waals surface area (Å²) >= 11 is 2.67. The first-order chi connectivity index (χ1) is 25.4. The Bertz CT molecular complexity index is 2110. The molecule has 2 saturated carbocycles. The van der Waals surface area contributed by atoms with Gasteiger partial charge in [-0.05, 0) is 68.7 Å². The molecule has 2 unspecified atom stereocenters. The van der Waals surface area contributed by atoms with Gasteiger partial charge in [0.05, 0.1) is 21.2 Å². The minimum absolute atomic E-state index is 0.00743.